The maximum absolute atomic E-state index is 5.51. The third-order valence-corrected chi connectivity index (χ3v) is 5.36. The zero-order valence-electron chi connectivity index (χ0n) is 13.4. The van der Waals surface area contributed by atoms with Crippen LogP contribution in [0.25, 0.3) is 0 Å². The molecule has 0 amide bonds. The smallest absolute Gasteiger partial charge is 0.0509 e. The predicted octanol–water partition coefficient (Wildman–Crippen LogP) is 4.00. The maximum atomic E-state index is 5.51. The molecule has 1 saturated carbocycles. The zero-order chi connectivity index (χ0) is 13.9. The fraction of sp³-hybridized carbons (Fsp3) is 1.00. The Morgan fingerprint density at radius 3 is 2.47 bits per heavy atom. The van der Waals surface area contributed by atoms with Gasteiger partial charge in [0.2, 0.25) is 0 Å². The molecule has 4 unspecified atom stereocenters. The molecule has 0 bridgehead atoms. The quantitative estimate of drug-likeness (QED) is 0.781. The van der Waals surface area contributed by atoms with E-state index < -0.39 is 0 Å². The maximum Gasteiger partial charge on any atom is 0.0509 e. The number of ether oxygens (including phenoxy) is 1. The summed E-state index contributed by atoms with van der Waals surface area (Å²) in [6.45, 7) is 11.5. The van der Waals surface area contributed by atoms with Gasteiger partial charge in [0.25, 0.3) is 0 Å². The fourth-order valence-corrected chi connectivity index (χ4v) is 3.79. The SMILES string of the molecule is CC(NC1CCCC(C(C)(C)C)CC1)C1CCOC1. The van der Waals surface area contributed by atoms with Crippen molar-refractivity contribution in [1.29, 1.82) is 0 Å². The first-order chi connectivity index (χ1) is 8.97. The van der Waals surface area contributed by atoms with Gasteiger partial charge in [-0.1, -0.05) is 27.2 Å². The molecule has 0 aromatic carbocycles. The summed E-state index contributed by atoms with van der Waals surface area (Å²) in [6, 6.07) is 1.36. The fourth-order valence-electron chi connectivity index (χ4n) is 3.79. The molecule has 112 valence electrons. The summed E-state index contributed by atoms with van der Waals surface area (Å²) in [4.78, 5) is 0. The minimum atomic E-state index is 0.486. The van der Waals surface area contributed by atoms with E-state index in [1.165, 1.54) is 38.5 Å². The molecular weight excluding hydrogens is 234 g/mol. The Bertz CT molecular complexity index is 265. The Kier molecular flexibility index (Phi) is 5.30. The zero-order valence-corrected chi connectivity index (χ0v) is 13.4. The van der Waals surface area contributed by atoms with E-state index in [1.807, 2.05) is 0 Å². The largest absolute Gasteiger partial charge is 0.381 e. The lowest BCUT2D eigenvalue weighted by Crippen LogP contribution is -2.41. The molecule has 2 fully saturated rings. The molecule has 2 heteroatoms. The summed E-state index contributed by atoms with van der Waals surface area (Å²) in [5.41, 5.74) is 0.486. The van der Waals surface area contributed by atoms with E-state index in [1.54, 1.807) is 0 Å². The van der Waals surface area contributed by atoms with Gasteiger partial charge in [0.05, 0.1) is 6.61 Å². The molecular formula is C17H33NO. The van der Waals surface area contributed by atoms with Gasteiger partial charge in [-0.2, -0.15) is 0 Å². The average Bonchev–Trinajstić information content (AvgIpc) is 2.75. The number of nitrogens with one attached hydrogen (secondary N) is 1. The predicted molar refractivity (Wildman–Crippen MR) is 81.3 cm³/mol. The van der Waals surface area contributed by atoms with Crippen molar-refractivity contribution in [1.82, 2.24) is 5.32 Å². The summed E-state index contributed by atoms with van der Waals surface area (Å²) >= 11 is 0. The molecule has 1 heterocycles. The minimum absolute atomic E-state index is 0.486. The van der Waals surface area contributed by atoms with Gasteiger partial charge in [0, 0.05) is 18.7 Å². The van der Waals surface area contributed by atoms with Crippen molar-refractivity contribution in [2.75, 3.05) is 13.2 Å². The highest BCUT2D eigenvalue weighted by Gasteiger charge is 2.29. The first-order valence-corrected chi connectivity index (χ1v) is 8.30. The van der Waals surface area contributed by atoms with E-state index in [2.05, 4.69) is 33.0 Å². The van der Waals surface area contributed by atoms with Gasteiger partial charge in [-0.25, -0.2) is 0 Å². The van der Waals surface area contributed by atoms with Crippen LogP contribution in [0.1, 0.15) is 66.2 Å². The van der Waals surface area contributed by atoms with Crippen LogP contribution in [0.3, 0.4) is 0 Å². The standard InChI is InChI=1S/C17H33NO/c1-13(14-10-11-19-12-14)18-16-7-5-6-15(8-9-16)17(2,3)4/h13-16,18H,5-12H2,1-4H3. The van der Waals surface area contributed by atoms with Crippen molar-refractivity contribution in [2.45, 2.75) is 78.3 Å². The highest BCUT2D eigenvalue weighted by atomic mass is 16.5. The van der Waals surface area contributed by atoms with Crippen LogP contribution in [0.5, 0.6) is 0 Å². The van der Waals surface area contributed by atoms with E-state index in [9.17, 15) is 0 Å². The summed E-state index contributed by atoms with van der Waals surface area (Å²) in [5.74, 6) is 1.64. The lowest BCUT2D eigenvalue weighted by Gasteiger charge is -2.30. The van der Waals surface area contributed by atoms with Crippen molar-refractivity contribution < 1.29 is 4.74 Å². The second kappa shape index (κ2) is 6.58. The lowest BCUT2D eigenvalue weighted by molar-refractivity contribution is 0.175. The van der Waals surface area contributed by atoms with Crippen LogP contribution in [0, 0.1) is 17.3 Å². The molecule has 1 saturated heterocycles. The average molecular weight is 267 g/mol. The minimum Gasteiger partial charge on any atom is -0.381 e. The van der Waals surface area contributed by atoms with Crippen LogP contribution in [0.4, 0.5) is 0 Å². The van der Waals surface area contributed by atoms with Crippen molar-refractivity contribution in [3.63, 3.8) is 0 Å². The van der Waals surface area contributed by atoms with Crippen molar-refractivity contribution in [3.8, 4) is 0 Å². The van der Waals surface area contributed by atoms with Gasteiger partial charge in [0.15, 0.2) is 0 Å². The Morgan fingerprint density at radius 2 is 1.84 bits per heavy atom. The second-order valence-electron chi connectivity index (χ2n) is 7.85. The molecule has 4 atom stereocenters. The molecule has 0 aromatic heterocycles. The van der Waals surface area contributed by atoms with E-state index in [0.29, 0.717) is 11.5 Å². The van der Waals surface area contributed by atoms with Gasteiger partial charge in [-0.15, -0.1) is 0 Å². The summed E-state index contributed by atoms with van der Waals surface area (Å²) in [7, 11) is 0. The number of hydrogen-bond acceptors (Lipinski definition) is 2. The van der Waals surface area contributed by atoms with Gasteiger partial charge in [-0.05, 0) is 56.3 Å². The molecule has 1 N–H and O–H groups in total. The Hall–Kier alpha value is -0.0800. The summed E-state index contributed by atoms with van der Waals surface area (Å²) in [5, 5.41) is 3.89. The third kappa shape index (κ3) is 4.46. The third-order valence-electron chi connectivity index (χ3n) is 5.36. The molecule has 2 aliphatic rings. The van der Waals surface area contributed by atoms with Gasteiger partial charge in [0.1, 0.15) is 0 Å². The summed E-state index contributed by atoms with van der Waals surface area (Å²) in [6.07, 6.45) is 8.18. The first kappa shape index (κ1) is 15.3. The van der Waals surface area contributed by atoms with Crippen LogP contribution in [-0.4, -0.2) is 25.3 Å². The van der Waals surface area contributed by atoms with Gasteiger partial charge in [-0.3, -0.25) is 0 Å². The van der Waals surface area contributed by atoms with E-state index in [4.69, 9.17) is 4.74 Å². The summed E-state index contributed by atoms with van der Waals surface area (Å²) < 4.78 is 5.51. The number of hydrogen-bond donors (Lipinski definition) is 1. The van der Waals surface area contributed by atoms with Crippen molar-refractivity contribution >= 4 is 0 Å². The topological polar surface area (TPSA) is 21.3 Å². The van der Waals surface area contributed by atoms with Crippen molar-refractivity contribution in [2.24, 2.45) is 17.3 Å². The molecule has 0 radical (unpaired) electrons. The molecule has 19 heavy (non-hydrogen) atoms. The molecule has 0 aromatic rings. The molecule has 1 aliphatic carbocycles. The lowest BCUT2D eigenvalue weighted by atomic mass is 9.76. The molecule has 2 rings (SSSR count). The van der Waals surface area contributed by atoms with E-state index in [-0.39, 0.29) is 0 Å². The first-order valence-electron chi connectivity index (χ1n) is 8.30. The normalized spacial score (nSPS) is 35.1. The Morgan fingerprint density at radius 1 is 1.05 bits per heavy atom. The van der Waals surface area contributed by atoms with Crippen LogP contribution in [0.15, 0.2) is 0 Å². The highest BCUT2D eigenvalue weighted by Crippen LogP contribution is 2.37. The molecule has 1 aliphatic heterocycles. The molecule has 0 spiro atoms. The van der Waals surface area contributed by atoms with Crippen molar-refractivity contribution in [3.05, 3.63) is 0 Å². The monoisotopic (exact) mass is 267 g/mol. The van der Waals surface area contributed by atoms with Crippen LogP contribution >= 0.6 is 0 Å². The Balaban J connectivity index is 1.79. The van der Waals surface area contributed by atoms with Gasteiger partial charge >= 0.3 is 0 Å². The van der Waals surface area contributed by atoms with Crippen LogP contribution < -0.4 is 5.32 Å². The van der Waals surface area contributed by atoms with E-state index >= 15 is 0 Å². The molecule has 2 nitrogen and oxygen atoms in total. The Labute approximate surface area is 119 Å². The van der Waals surface area contributed by atoms with Crippen LogP contribution in [0.2, 0.25) is 0 Å². The van der Waals surface area contributed by atoms with Gasteiger partial charge < -0.3 is 10.1 Å². The number of rotatable bonds is 3. The van der Waals surface area contributed by atoms with E-state index in [0.717, 1.165) is 31.1 Å². The van der Waals surface area contributed by atoms with Crippen LogP contribution in [-0.2, 0) is 4.74 Å². The second-order valence-corrected chi connectivity index (χ2v) is 7.85. The highest BCUT2D eigenvalue weighted by molar-refractivity contribution is 4.84.